The minimum Gasteiger partial charge on any atom is -0.480 e. The Morgan fingerprint density at radius 1 is 1.38 bits per heavy atom. The largest absolute Gasteiger partial charge is 0.480 e. The third-order valence-corrected chi connectivity index (χ3v) is 3.37. The summed E-state index contributed by atoms with van der Waals surface area (Å²) in [4.78, 5) is 24.4. The second-order valence-electron chi connectivity index (χ2n) is 5.06. The molecule has 0 aromatic heterocycles. The summed E-state index contributed by atoms with van der Waals surface area (Å²) >= 11 is 0. The number of amides is 1. The number of benzene rings is 1. The van der Waals surface area contributed by atoms with Crippen molar-refractivity contribution < 1.29 is 19.1 Å². The standard InChI is InChI=1S/C15H21FN2O3/c1-4-11(3)18(9-15(20)21)8-14(19)17-13-7-12(16)6-5-10(13)2/h5-7,11H,4,8-9H2,1-3H3,(H,17,19)(H,20,21). The normalized spacial score (nSPS) is 12.2. The Morgan fingerprint density at radius 3 is 2.62 bits per heavy atom. The molecule has 1 amide bonds. The van der Waals surface area contributed by atoms with Gasteiger partial charge in [-0.25, -0.2) is 4.39 Å². The average Bonchev–Trinajstić information content (AvgIpc) is 2.40. The maximum Gasteiger partial charge on any atom is 0.317 e. The molecule has 0 aliphatic heterocycles. The van der Waals surface area contributed by atoms with Crippen LogP contribution in [0.4, 0.5) is 10.1 Å². The molecule has 116 valence electrons. The fourth-order valence-corrected chi connectivity index (χ4v) is 1.90. The van der Waals surface area contributed by atoms with Gasteiger partial charge in [-0.05, 0) is 38.0 Å². The molecule has 0 bridgehead atoms. The van der Waals surface area contributed by atoms with Gasteiger partial charge in [0, 0.05) is 11.7 Å². The van der Waals surface area contributed by atoms with Crippen LogP contribution in [0.25, 0.3) is 0 Å². The minimum atomic E-state index is -0.981. The summed E-state index contributed by atoms with van der Waals surface area (Å²) in [6, 6.07) is 4.12. The molecule has 5 nitrogen and oxygen atoms in total. The van der Waals surface area contributed by atoms with Crippen LogP contribution in [0.1, 0.15) is 25.8 Å². The van der Waals surface area contributed by atoms with Gasteiger partial charge in [-0.1, -0.05) is 13.0 Å². The molecule has 1 rings (SSSR count). The van der Waals surface area contributed by atoms with Crippen LogP contribution in [-0.2, 0) is 9.59 Å². The van der Waals surface area contributed by atoms with Crippen LogP contribution in [0, 0.1) is 12.7 Å². The number of rotatable bonds is 7. The van der Waals surface area contributed by atoms with Gasteiger partial charge >= 0.3 is 5.97 Å². The smallest absolute Gasteiger partial charge is 0.317 e. The zero-order valence-electron chi connectivity index (χ0n) is 12.5. The number of hydrogen-bond donors (Lipinski definition) is 2. The first kappa shape index (κ1) is 17.1. The van der Waals surface area contributed by atoms with Gasteiger partial charge in [0.25, 0.3) is 0 Å². The molecular formula is C15H21FN2O3. The number of nitrogens with one attached hydrogen (secondary N) is 1. The fraction of sp³-hybridized carbons (Fsp3) is 0.467. The van der Waals surface area contributed by atoms with Crippen LogP contribution in [0.15, 0.2) is 18.2 Å². The van der Waals surface area contributed by atoms with Crippen LogP contribution >= 0.6 is 0 Å². The first-order chi connectivity index (χ1) is 9.83. The third-order valence-electron chi connectivity index (χ3n) is 3.37. The Bertz CT molecular complexity index is 520. The van der Waals surface area contributed by atoms with Gasteiger partial charge in [-0.3, -0.25) is 14.5 Å². The van der Waals surface area contributed by atoms with Gasteiger partial charge in [-0.2, -0.15) is 0 Å². The highest BCUT2D eigenvalue weighted by molar-refractivity contribution is 5.93. The number of nitrogens with zero attached hydrogens (tertiary/aromatic N) is 1. The molecule has 1 unspecified atom stereocenters. The first-order valence-corrected chi connectivity index (χ1v) is 6.85. The van der Waals surface area contributed by atoms with E-state index < -0.39 is 11.8 Å². The summed E-state index contributed by atoms with van der Waals surface area (Å²) < 4.78 is 13.2. The number of carboxylic acids is 1. The summed E-state index contributed by atoms with van der Waals surface area (Å²) in [5.74, 6) is -1.77. The monoisotopic (exact) mass is 296 g/mol. The molecule has 0 heterocycles. The summed E-state index contributed by atoms with van der Waals surface area (Å²) in [6.45, 7) is 5.30. The van der Waals surface area contributed by atoms with E-state index >= 15 is 0 Å². The number of carbonyl (C=O) groups excluding carboxylic acids is 1. The van der Waals surface area contributed by atoms with E-state index in [0.717, 1.165) is 12.0 Å². The van der Waals surface area contributed by atoms with Crippen molar-refractivity contribution in [3.8, 4) is 0 Å². The second kappa shape index (κ2) is 7.73. The van der Waals surface area contributed by atoms with Gasteiger partial charge in [0.15, 0.2) is 0 Å². The lowest BCUT2D eigenvalue weighted by Gasteiger charge is -2.26. The van der Waals surface area contributed by atoms with Crippen molar-refractivity contribution in [3.63, 3.8) is 0 Å². The zero-order chi connectivity index (χ0) is 16.0. The number of aryl methyl sites for hydroxylation is 1. The van der Waals surface area contributed by atoms with Crippen LogP contribution in [-0.4, -0.2) is 41.0 Å². The van der Waals surface area contributed by atoms with Crippen LogP contribution in [0.3, 0.4) is 0 Å². The molecule has 0 aliphatic rings. The van der Waals surface area contributed by atoms with Crippen molar-refractivity contribution in [1.82, 2.24) is 4.90 Å². The summed E-state index contributed by atoms with van der Waals surface area (Å²) in [6.07, 6.45) is 0.736. The summed E-state index contributed by atoms with van der Waals surface area (Å²) in [5.41, 5.74) is 1.15. The van der Waals surface area contributed by atoms with Crippen molar-refractivity contribution in [2.75, 3.05) is 18.4 Å². The Morgan fingerprint density at radius 2 is 2.05 bits per heavy atom. The third kappa shape index (κ3) is 5.51. The molecule has 1 atom stereocenters. The molecular weight excluding hydrogens is 275 g/mol. The Labute approximate surface area is 123 Å². The van der Waals surface area contributed by atoms with Crippen molar-refractivity contribution in [1.29, 1.82) is 0 Å². The quantitative estimate of drug-likeness (QED) is 0.809. The lowest BCUT2D eigenvalue weighted by molar-refractivity contribution is -0.139. The predicted molar refractivity (Wildman–Crippen MR) is 78.7 cm³/mol. The van der Waals surface area contributed by atoms with E-state index in [4.69, 9.17) is 5.11 Å². The Kier molecular flexibility index (Phi) is 6.30. The van der Waals surface area contributed by atoms with Gasteiger partial charge < -0.3 is 10.4 Å². The highest BCUT2D eigenvalue weighted by Gasteiger charge is 2.19. The zero-order valence-corrected chi connectivity index (χ0v) is 12.5. The van der Waals surface area contributed by atoms with Crippen molar-refractivity contribution in [3.05, 3.63) is 29.6 Å². The Hall–Kier alpha value is -1.95. The summed E-state index contributed by atoms with van der Waals surface area (Å²) in [5, 5.41) is 11.5. The Balaban J connectivity index is 2.73. The van der Waals surface area contributed by atoms with Crippen molar-refractivity contribution >= 4 is 17.6 Å². The fourth-order valence-electron chi connectivity index (χ4n) is 1.90. The summed E-state index contributed by atoms with van der Waals surface area (Å²) in [7, 11) is 0. The van der Waals surface area contributed by atoms with E-state index in [1.54, 1.807) is 17.9 Å². The molecule has 6 heteroatoms. The van der Waals surface area contributed by atoms with Gasteiger partial charge in [0.2, 0.25) is 5.91 Å². The first-order valence-electron chi connectivity index (χ1n) is 6.85. The molecule has 0 spiro atoms. The number of halogens is 1. The number of anilines is 1. The molecule has 21 heavy (non-hydrogen) atoms. The lowest BCUT2D eigenvalue weighted by atomic mass is 10.2. The molecule has 0 saturated carbocycles. The molecule has 0 radical (unpaired) electrons. The van der Waals surface area contributed by atoms with Crippen molar-refractivity contribution in [2.24, 2.45) is 0 Å². The second-order valence-corrected chi connectivity index (χ2v) is 5.06. The van der Waals surface area contributed by atoms with Crippen LogP contribution < -0.4 is 5.32 Å². The van der Waals surface area contributed by atoms with Crippen molar-refractivity contribution in [2.45, 2.75) is 33.2 Å². The molecule has 0 saturated heterocycles. The molecule has 0 aliphatic carbocycles. The maximum absolute atomic E-state index is 13.2. The number of carboxylic acid groups (broad SMARTS) is 1. The van der Waals surface area contributed by atoms with E-state index in [1.807, 2.05) is 13.8 Å². The predicted octanol–water partition coefficient (Wildman–Crippen LogP) is 2.26. The minimum absolute atomic E-state index is 0.0274. The maximum atomic E-state index is 13.2. The van der Waals surface area contributed by atoms with E-state index in [9.17, 15) is 14.0 Å². The number of carbonyl (C=O) groups is 2. The van der Waals surface area contributed by atoms with E-state index in [1.165, 1.54) is 12.1 Å². The molecule has 2 N–H and O–H groups in total. The molecule has 0 fully saturated rings. The van der Waals surface area contributed by atoms with Gasteiger partial charge in [-0.15, -0.1) is 0 Å². The van der Waals surface area contributed by atoms with Gasteiger partial charge in [0.1, 0.15) is 5.82 Å². The SMILES string of the molecule is CCC(C)N(CC(=O)O)CC(=O)Nc1cc(F)ccc1C. The topological polar surface area (TPSA) is 69.6 Å². The highest BCUT2D eigenvalue weighted by atomic mass is 19.1. The molecule has 1 aromatic carbocycles. The van der Waals surface area contributed by atoms with Crippen LogP contribution in [0.2, 0.25) is 0 Å². The van der Waals surface area contributed by atoms with E-state index in [-0.39, 0.29) is 25.0 Å². The highest BCUT2D eigenvalue weighted by Crippen LogP contribution is 2.16. The van der Waals surface area contributed by atoms with Gasteiger partial charge in [0.05, 0.1) is 13.1 Å². The van der Waals surface area contributed by atoms with Crippen LogP contribution in [0.5, 0.6) is 0 Å². The van der Waals surface area contributed by atoms with E-state index in [2.05, 4.69) is 5.32 Å². The molecule has 1 aromatic rings. The lowest BCUT2D eigenvalue weighted by Crippen LogP contribution is -2.42. The average molecular weight is 296 g/mol. The number of hydrogen-bond acceptors (Lipinski definition) is 3. The van der Waals surface area contributed by atoms with E-state index in [0.29, 0.717) is 5.69 Å². The number of aliphatic carboxylic acids is 1.